The van der Waals surface area contributed by atoms with Crippen molar-refractivity contribution < 1.29 is 23.7 Å². The number of carbonyl (C=O) groups excluding carboxylic acids is 2. The summed E-state index contributed by atoms with van der Waals surface area (Å²) in [5.74, 6) is 0.379. The van der Waals surface area contributed by atoms with Crippen LogP contribution in [0.3, 0.4) is 0 Å². The van der Waals surface area contributed by atoms with Gasteiger partial charge in [-0.2, -0.15) is 0 Å². The van der Waals surface area contributed by atoms with Crippen molar-refractivity contribution in [3.63, 3.8) is 0 Å². The zero-order chi connectivity index (χ0) is 22.5. The van der Waals surface area contributed by atoms with Crippen molar-refractivity contribution in [2.45, 2.75) is 18.9 Å². The summed E-state index contributed by atoms with van der Waals surface area (Å²) in [6.07, 6.45) is 2.57. The average molecular weight is 435 g/mol. The molecule has 2 aromatic carbocycles. The van der Waals surface area contributed by atoms with E-state index in [0.29, 0.717) is 31.7 Å². The van der Waals surface area contributed by atoms with Crippen LogP contribution in [0.1, 0.15) is 33.8 Å². The van der Waals surface area contributed by atoms with Gasteiger partial charge in [0.05, 0.1) is 16.7 Å². The Bertz CT molecular complexity index is 1110. The Labute approximate surface area is 183 Å². The van der Waals surface area contributed by atoms with Crippen molar-refractivity contribution in [3.05, 3.63) is 88.4 Å². The number of nitrogens with zero attached hydrogens (tertiary/aromatic N) is 2. The van der Waals surface area contributed by atoms with E-state index in [0.717, 1.165) is 0 Å². The molecule has 1 aliphatic heterocycles. The molecule has 9 nitrogen and oxygen atoms in total. The summed E-state index contributed by atoms with van der Waals surface area (Å²) in [5.41, 5.74) is -0.119. The number of piperidine rings is 1. The maximum absolute atomic E-state index is 13.0. The van der Waals surface area contributed by atoms with Crippen LogP contribution in [0.2, 0.25) is 0 Å². The molecule has 1 aromatic heterocycles. The van der Waals surface area contributed by atoms with Crippen molar-refractivity contribution in [2.24, 2.45) is 0 Å². The van der Waals surface area contributed by atoms with Crippen molar-refractivity contribution in [1.82, 2.24) is 10.2 Å². The van der Waals surface area contributed by atoms with Crippen LogP contribution < -0.4 is 10.1 Å². The minimum atomic E-state index is -0.554. The molecular formula is C23H21N3O6. The highest BCUT2D eigenvalue weighted by Crippen LogP contribution is 2.29. The van der Waals surface area contributed by atoms with E-state index in [1.54, 1.807) is 41.3 Å². The first-order valence-electron chi connectivity index (χ1n) is 10.2. The molecule has 2 heterocycles. The third kappa shape index (κ3) is 4.77. The third-order valence-corrected chi connectivity index (χ3v) is 5.24. The van der Waals surface area contributed by atoms with Crippen molar-refractivity contribution >= 4 is 17.5 Å². The fourth-order valence-electron chi connectivity index (χ4n) is 3.56. The highest BCUT2D eigenvalue weighted by Gasteiger charge is 2.27. The van der Waals surface area contributed by atoms with Crippen molar-refractivity contribution in [1.29, 1.82) is 0 Å². The van der Waals surface area contributed by atoms with E-state index in [-0.39, 0.29) is 34.7 Å². The monoisotopic (exact) mass is 435 g/mol. The molecule has 0 atom stereocenters. The molecule has 0 bridgehead atoms. The third-order valence-electron chi connectivity index (χ3n) is 5.24. The second kappa shape index (κ2) is 9.34. The number of rotatable bonds is 6. The number of amides is 2. The van der Waals surface area contributed by atoms with Crippen molar-refractivity contribution in [3.8, 4) is 11.5 Å². The molecule has 0 aliphatic carbocycles. The normalized spacial score (nSPS) is 14.1. The number of hydrogen-bond donors (Lipinski definition) is 1. The quantitative estimate of drug-likeness (QED) is 0.462. The van der Waals surface area contributed by atoms with Gasteiger partial charge in [0, 0.05) is 31.3 Å². The summed E-state index contributed by atoms with van der Waals surface area (Å²) >= 11 is 0. The molecule has 0 spiro atoms. The number of nitro benzene ring substituents is 1. The van der Waals surface area contributed by atoms with E-state index in [4.69, 9.17) is 9.15 Å². The molecule has 1 saturated heterocycles. The lowest BCUT2D eigenvalue weighted by molar-refractivity contribution is -0.384. The number of nitrogens with one attached hydrogen (secondary N) is 1. The predicted molar refractivity (Wildman–Crippen MR) is 115 cm³/mol. The number of non-ortho nitro benzene ring substituents is 1. The zero-order valence-corrected chi connectivity index (χ0v) is 17.1. The fourth-order valence-corrected chi connectivity index (χ4v) is 3.56. The molecule has 0 saturated carbocycles. The number of ether oxygens (including phenoxy) is 1. The van der Waals surface area contributed by atoms with E-state index in [1.807, 2.05) is 6.07 Å². The average Bonchev–Trinajstić information content (AvgIpc) is 3.35. The minimum Gasteiger partial charge on any atom is -0.459 e. The van der Waals surface area contributed by atoms with Crippen LogP contribution in [0.4, 0.5) is 5.69 Å². The van der Waals surface area contributed by atoms with Gasteiger partial charge >= 0.3 is 0 Å². The number of furan rings is 1. The molecular weight excluding hydrogens is 414 g/mol. The molecule has 32 heavy (non-hydrogen) atoms. The second-order valence-electron chi connectivity index (χ2n) is 7.37. The Balaban J connectivity index is 1.45. The molecule has 164 valence electrons. The lowest BCUT2D eigenvalue weighted by atomic mass is 10.0. The van der Waals surface area contributed by atoms with E-state index in [1.165, 1.54) is 24.5 Å². The van der Waals surface area contributed by atoms with Crippen LogP contribution in [-0.2, 0) is 0 Å². The second-order valence-corrected chi connectivity index (χ2v) is 7.37. The van der Waals surface area contributed by atoms with Crippen LogP contribution in [0.25, 0.3) is 0 Å². The molecule has 1 aliphatic rings. The van der Waals surface area contributed by atoms with Crippen molar-refractivity contribution in [2.75, 3.05) is 13.1 Å². The lowest BCUT2D eigenvalue weighted by Gasteiger charge is -2.32. The Morgan fingerprint density at radius 3 is 2.47 bits per heavy atom. The van der Waals surface area contributed by atoms with Gasteiger partial charge in [0.2, 0.25) is 0 Å². The predicted octanol–water partition coefficient (Wildman–Crippen LogP) is 4.01. The minimum absolute atomic E-state index is 0.0807. The van der Waals surface area contributed by atoms with Gasteiger partial charge in [-0.15, -0.1) is 0 Å². The Kier molecular flexibility index (Phi) is 6.16. The van der Waals surface area contributed by atoms with Gasteiger partial charge in [-0.3, -0.25) is 19.7 Å². The molecule has 2 amide bonds. The lowest BCUT2D eigenvalue weighted by Crippen LogP contribution is -2.46. The summed E-state index contributed by atoms with van der Waals surface area (Å²) in [4.78, 5) is 37.7. The van der Waals surface area contributed by atoms with Crippen LogP contribution in [0.5, 0.6) is 11.5 Å². The maximum Gasteiger partial charge on any atom is 0.289 e. The molecule has 0 radical (unpaired) electrons. The summed E-state index contributed by atoms with van der Waals surface area (Å²) in [7, 11) is 0. The van der Waals surface area contributed by atoms with Crippen LogP contribution in [-0.4, -0.2) is 40.8 Å². The van der Waals surface area contributed by atoms with E-state index >= 15 is 0 Å². The fraction of sp³-hybridized carbons (Fsp3) is 0.217. The SMILES string of the molecule is O=C(NC1CCN(C(=O)c2ccco2)CC1)c1cc([N+](=O)[O-])ccc1Oc1ccccc1. The molecule has 0 unspecified atom stereocenters. The van der Waals surface area contributed by atoms with Crippen LogP contribution >= 0.6 is 0 Å². The summed E-state index contributed by atoms with van der Waals surface area (Å²) in [6.45, 7) is 0.930. The summed E-state index contributed by atoms with van der Waals surface area (Å²) < 4.78 is 11.0. The first-order chi connectivity index (χ1) is 15.5. The number of para-hydroxylation sites is 1. The van der Waals surface area contributed by atoms with Gasteiger partial charge in [-0.05, 0) is 43.2 Å². The number of hydrogen-bond acceptors (Lipinski definition) is 6. The van der Waals surface area contributed by atoms with Gasteiger partial charge in [0.25, 0.3) is 17.5 Å². The molecule has 9 heteroatoms. The summed E-state index contributed by atoms with van der Waals surface area (Å²) in [6, 6.07) is 15.9. The Morgan fingerprint density at radius 1 is 1.06 bits per heavy atom. The first-order valence-corrected chi connectivity index (χ1v) is 10.2. The van der Waals surface area contributed by atoms with Gasteiger partial charge in [-0.25, -0.2) is 0 Å². The van der Waals surface area contributed by atoms with E-state index in [9.17, 15) is 19.7 Å². The topological polar surface area (TPSA) is 115 Å². The Hall–Kier alpha value is -4.14. The van der Waals surface area contributed by atoms with Gasteiger partial charge in [0.15, 0.2) is 5.76 Å². The number of likely N-dealkylation sites (tertiary alicyclic amines) is 1. The van der Waals surface area contributed by atoms with Crippen LogP contribution in [0, 0.1) is 10.1 Å². The van der Waals surface area contributed by atoms with Gasteiger partial charge < -0.3 is 19.4 Å². The first kappa shape index (κ1) is 21.1. The highest BCUT2D eigenvalue weighted by molar-refractivity contribution is 5.98. The molecule has 3 aromatic rings. The largest absolute Gasteiger partial charge is 0.459 e. The Morgan fingerprint density at radius 2 is 1.81 bits per heavy atom. The van der Waals surface area contributed by atoms with Crippen LogP contribution in [0.15, 0.2) is 71.3 Å². The number of nitro groups is 1. The summed E-state index contributed by atoms with van der Waals surface area (Å²) in [5, 5.41) is 14.1. The maximum atomic E-state index is 13.0. The van der Waals surface area contributed by atoms with Gasteiger partial charge in [0.1, 0.15) is 11.5 Å². The van der Waals surface area contributed by atoms with Gasteiger partial charge in [-0.1, -0.05) is 18.2 Å². The highest BCUT2D eigenvalue weighted by atomic mass is 16.6. The van der Waals surface area contributed by atoms with E-state index in [2.05, 4.69) is 5.32 Å². The standard InChI is InChI=1S/C23H21N3O6/c27-22(24-16-10-12-25(13-11-16)23(28)21-7-4-14-31-21)19-15-17(26(29)30)8-9-20(19)32-18-5-2-1-3-6-18/h1-9,14-16H,10-13H2,(H,24,27). The van der Waals surface area contributed by atoms with E-state index < -0.39 is 10.8 Å². The molecule has 1 fully saturated rings. The smallest absolute Gasteiger partial charge is 0.289 e. The number of carbonyl (C=O) groups is 2. The molecule has 4 rings (SSSR count). The number of benzene rings is 2. The zero-order valence-electron chi connectivity index (χ0n) is 17.1. The molecule has 1 N–H and O–H groups in total.